The maximum atomic E-state index is 13.7. The number of anilines is 1. The van der Waals surface area contributed by atoms with Gasteiger partial charge in [-0.15, -0.1) is 0 Å². The van der Waals surface area contributed by atoms with Crippen LogP contribution in [-0.2, 0) is 18.3 Å². The summed E-state index contributed by atoms with van der Waals surface area (Å²) in [7, 11) is 3.43. The predicted octanol–water partition coefficient (Wildman–Crippen LogP) is 1.16. The standard InChI is InChI=1S/C18H22F2N6O/c1-21-18(22-7-6-13-4-3-5-15(19)17(13)20)25-8-9-26(16(27)12-25)14-10-23-24(2)11-14/h3-5,10-11H,6-9,12H2,1-2H3,(H,21,22). The van der Waals surface area contributed by atoms with Crippen LogP contribution in [0.25, 0.3) is 0 Å². The Hall–Kier alpha value is -2.97. The number of rotatable bonds is 4. The molecule has 2 heterocycles. The lowest BCUT2D eigenvalue weighted by molar-refractivity contribution is -0.120. The number of nitrogens with zero attached hydrogens (tertiary/aromatic N) is 5. The van der Waals surface area contributed by atoms with Crippen LogP contribution >= 0.6 is 0 Å². The molecule has 1 aliphatic rings. The molecule has 1 aromatic heterocycles. The second-order valence-corrected chi connectivity index (χ2v) is 6.28. The van der Waals surface area contributed by atoms with Gasteiger partial charge in [0.2, 0.25) is 5.91 Å². The third-order valence-corrected chi connectivity index (χ3v) is 4.44. The fourth-order valence-electron chi connectivity index (χ4n) is 3.06. The third-order valence-electron chi connectivity index (χ3n) is 4.44. The van der Waals surface area contributed by atoms with Gasteiger partial charge in [-0.1, -0.05) is 12.1 Å². The Balaban J connectivity index is 1.56. The van der Waals surface area contributed by atoms with Crippen molar-refractivity contribution in [3.05, 3.63) is 47.8 Å². The van der Waals surface area contributed by atoms with E-state index in [1.54, 1.807) is 42.1 Å². The van der Waals surface area contributed by atoms with E-state index in [0.717, 1.165) is 11.8 Å². The van der Waals surface area contributed by atoms with Gasteiger partial charge in [-0.25, -0.2) is 8.78 Å². The maximum Gasteiger partial charge on any atom is 0.246 e. The zero-order valence-electron chi connectivity index (χ0n) is 15.3. The number of aromatic nitrogens is 2. The van der Waals surface area contributed by atoms with Crippen molar-refractivity contribution in [2.45, 2.75) is 6.42 Å². The number of amides is 1. The molecule has 144 valence electrons. The quantitative estimate of drug-likeness (QED) is 0.643. The van der Waals surface area contributed by atoms with Gasteiger partial charge in [0, 0.05) is 39.9 Å². The molecule has 0 unspecified atom stereocenters. The monoisotopic (exact) mass is 376 g/mol. The lowest BCUT2D eigenvalue weighted by Gasteiger charge is -2.35. The van der Waals surface area contributed by atoms with Crippen LogP contribution in [0.15, 0.2) is 35.6 Å². The Morgan fingerprint density at radius 3 is 2.81 bits per heavy atom. The van der Waals surface area contributed by atoms with Gasteiger partial charge < -0.3 is 15.1 Å². The lowest BCUT2D eigenvalue weighted by Crippen LogP contribution is -2.55. The highest BCUT2D eigenvalue weighted by Crippen LogP contribution is 2.16. The van der Waals surface area contributed by atoms with Gasteiger partial charge >= 0.3 is 0 Å². The van der Waals surface area contributed by atoms with E-state index in [9.17, 15) is 13.6 Å². The van der Waals surface area contributed by atoms with Crippen molar-refractivity contribution in [3.8, 4) is 0 Å². The Morgan fingerprint density at radius 2 is 2.15 bits per heavy atom. The molecule has 0 atom stereocenters. The summed E-state index contributed by atoms with van der Waals surface area (Å²) in [6, 6.07) is 4.14. The summed E-state index contributed by atoms with van der Waals surface area (Å²) in [6.07, 6.45) is 3.77. The highest BCUT2D eigenvalue weighted by Gasteiger charge is 2.27. The molecule has 27 heavy (non-hydrogen) atoms. The highest BCUT2D eigenvalue weighted by atomic mass is 19.2. The summed E-state index contributed by atoms with van der Waals surface area (Å²) in [5, 5.41) is 7.21. The van der Waals surface area contributed by atoms with Crippen molar-refractivity contribution in [1.29, 1.82) is 0 Å². The van der Waals surface area contributed by atoms with Crippen LogP contribution < -0.4 is 10.2 Å². The molecular weight excluding hydrogens is 354 g/mol. The summed E-state index contributed by atoms with van der Waals surface area (Å²) < 4.78 is 28.6. The molecule has 3 rings (SSSR count). The molecule has 0 bridgehead atoms. The molecule has 0 aliphatic carbocycles. The van der Waals surface area contributed by atoms with Gasteiger partial charge in [0.25, 0.3) is 0 Å². The largest absolute Gasteiger partial charge is 0.356 e. The van der Waals surface area contributed by atoms with Crippen LogP contribution in [0.3, 0.4) is 0 Å². The number of benzene rings is 1. The number of halogens is 2. The van der Waals surface area contributed by atoms with Crippen molar-refractivity contribution in [2.75, 3.05) is 38.1 Å². The number of guanidine groups is 1. The molecule has 2 aromatic rings. The van der Waals surface area contributed by atoms with Gasteiger partial charge in [-0.2, -0.15) is 5.10 Å². The second kappa shape index (κ2) is 8.15. The molecule has 0 spiro atoms. The first-order valence-corrected chi connectivity index (χ1v) is 8.67. The predicted molar refractivity (Wildman–Crippen MR) is 98.6 cm³/mol. The molecule has 9 heteroatoms. The fraction of sp³-hybridized carbons (Fsp3) is 0.389. The average molecular weight is 376 g/mol. The molecule has 1 saturated heterocycles. The molecule has 1 aromatic carbocycles. The SMILES string of the molecule is CN=C(NCCc1cccc(F)c1F)N1CCN(c2cnn(C)c2)C(=O)C1. The molecule has 1 N–H and O–H groups in total. The van der Waals surface area contributed by atoms with E-state index in [1.165, 1.54) is 6.07 Å². The van der Waals surface area contributed by atoms with E-state index >= 15 is 0 Å². The minimum Gasteiger partial charge on any atom is -0.356 e. The maximum absolute atomic E-state index is 13.7. The molecule has 0 saturated carbocycles. The van der Waals surface area contributed by atoms with E-state index in [1.807, 2.05) is 4.90 Å². The summed E-state index contributed by atoms with van der Waals surface area (Å²) >= 11 is 0. The van der Waals surface area contributed by atoms with E-state index < -0.39 is 11.6 Å². The first-order valence-electron chi connectivity index (χ1n) is 8.67. The second-order valence-electron chi connectivity index (χ2n) is 6.28. The molecule has 1 amide bonds. The van der Waals surface area contributed by atoms with E-state index in [2.05, 4.69) is 15.4 Å². The van der Waals surface area contributed by atoms with Gasteiger partial charge in [-0.3, -0.25) is 14.5 Å². The summed E-state index contributed by atoms with van der Waals surface area (Å²) in [6.45, 7) is 1.69. The molecular formula is C18H22F2N6O. The number of piperazine rings is 1. The van der Waals surface area contributed by atoms with Crippen LogP contribution in [0.2, 0.25) is 0 Å². The summed E-state index contributed by atoms with van der Waals surface area (Å²) in [5.74, 6) is -1.16. The van der Waals surface area contributed by atoms with Crippen molar-refractivity contribution >= 4 is 17.6 Å². The molecule has 7 nitrogen and oxygen atoms in total. The van der Waals surface area contributed by atoms with Crippen LogP contribution in [0.4, 0.5) is 14.5 Å². The number of hydrogen-bond donors (Lipinski definition) is 1. The smallest absolute Gasteiger partial charge is 0.246 e. The minimum atomic E-state index is -0.853. The Kier molecular flexibility index (Phi) is 5.68. The highest BCUT2D eigenvalue weighted by molar-refractivity contribution is 5.98. The normalized spacial score (nSPS) is 15.4. The Morgan fingerprint density at radius 1 is 1.33 bits per heavy atom. The Bertz CT molecular complexity index is 850. The van der Waals surface area contributed by atoms with Crippen LogP contribution in [-0.4, -0.2) is 59.8 Å². The summed E-state index contributed by atoms with van der Waals surface area (Å²) in [4.78, 5) is 20.2. The van der Waals surface area contributed by atoms with Crippen molar-refractivity contribution in [1.82, 2.24) is 20.0 Å². The summed E-state index contributed by atoms with van der Waals surface area (Å²) in [5.41, 5.74) is 1.07. The van der Waals surface area contributed by atoms with E-state index in [4.69, 9.17) is 0 Å². The number of nitrogens with one attached hydrogen (secondary N) is 1. The number of aryl methyl sites for hydroxylation is 1. The van der Waals surface area contributed by atoms with E-state index in [-0.39, 0.29) is 12.5 Å². The fourth-order valence-corrected chi connectivity index (χ4v) is 3.06. The van der Waals surface area contributed by atoms with Crippen molar-refractivity contribution in [3.63, 3.8) is 0 Å². The molecule has 1 aliphatic heterocycles. The van der Waals surface area contributed by atoms with Gasteiger partial charge in [-0.05, 0) is 18.1 Å². The number of hydrogen-bond acceptors (Lipinski definition) is 3. The first kappa shape index (κ1) is 18.8. The van der Waals surface area contributed by atoms with Crippen LogP contribution in [0.1, 0.15) is 5.56 Å². The third kappa shape index (κ3) is 4.24. The zero-order chi connectivity index (χ0) is 19.4. The Labute approximate surface area is 156 Å². The van der Waals surface area contributed by atoms with Crippen LogP contribution in [0.5, 0.6) is 0 Å². The number of carbonyl (C=O) groups is 1. The lowest BCUT2D eigenvalue weighted by atomic mass is 10.1. The topological polar surface area (TPSA) is 65.8 Å². The van der Waals surface area contributed by atoms with Gasteiger partial charge in [0.1, 0.15) is 6.54 Å². The minimum absolute atomic E-state index is 0.0478. The number of carbonyl (C=O) groups excluding carboxylic acids is 1. The molecule has 1 fully saturated rings. The number of aliphatic imine (C=N–C) groups is 1. The van der Waals surface area contributed by atoms with Crippen molar-refractivity contribution < 1.29 is 13.6 Å². The first-order chi connectivity index (χ1) is 13.0. The van der Waals surface area contributed by atoms with Gasteiger partial charge in [0.05, 0.1) is 11.9 Å². The van der Waals surface area contributed by atoms with Crippen LogP contribution in [0, 0.1) is 11.6 Å². The zero-order valence-corrected chi connectivity index (χ0v) is 15.3. The van der Waals surface area contributed by atoms with Crippen molar-refractivity contribution in [2.24, 2.45) is 12.0 Å². The average Bonchev–Trinajstić information content (AvgIpc) is 3.08. The van der Waals surface area contributed by atoms with Gasteiger partial charge in [0.15, 0.2) is 17.6 Å². The molecule has 0 radical (unpaired) electrons. The van der Waals surface area contributed by atoms with E-state index in [0.29, 0.717) is 37.6 Å².